The van der Waals surface area contributed by atoms with Crippen molar-refractivity contribution < 1.29 is 4.79 Å². The highest BCUT2D eigenvalue weighted by atomic mass is 16.1. The highest BCUT2D eigenvalue weighted by Crippen LogP contribution is 2.36. The molecule has 0 radical (unpaired) electrons. The van der Waals surface area contributed by atoms with Crippen molar-refractivity contribution in [2.75, 3.05) is 0 Å². The number of carbonyl (C=O) groups is 1. The van der Waals surface area contributed by atoms with Crippen LogP contribution in [0.4, 0.5) is 0 Å². The fourth-order valence-electron chi connectivity index (χ4n) is 2.66. The zero-order valence-electron chi connectivity index (χ0n) is 11.8. The van der Waals surface area contributed by atoms with E-state index in [1.54, 1.807) is 6.20 Å². The van der Waals surface area contributed by atoms with Gasteiger partial charge in [0.05, 0.1) is 11.1 Å². The molecule has 2 N–H and O–H groups in total. The van der Waals surface area contributed by atoms with E-state index in [9.17, 15) is 4.79 Å². The number of hydrogen-bond acceptors (Lipinski definition) is 2. The fraction of sp³-hybridized carbons (Fsp3) is 0.600. The van der Waals surface area contributed by atoms with E-state index in [1.807, 2.05) is 18.2 Å². The van der Waals surface area contributed by atoms with Crippen molar-refractivity contribution in [1.29, 1.82) is 0 Å². The van der Waals surface area contributed by atoms with Gasteiger partial charge in [-0.1, -0.05) is 33.8 Å². The van der Waals surface area contributed by atoms with Gasteiger partial charge in [0.25, 0.3) is 0 Å². The maximum absolute atomic E-state index is 12.1. The second-order valence-electron chi connectivity index (χ2n) is 5.86. The van der Waals surface area contributed by atoms with Gasteiger partial charge in [0.15, 0.2) is 0 Å². The molecule has 0 aliphatic carbocycles. The Morgan fingerprint density at radius 2 is 1.78 bits per heavy atom. The van der Waals surface area contributed by atoms with Crippen LogP contribution in [0.5, 0.6) is 0 Å². The first kappa shape index (κ1) is 14.7. The summed E-state index contributed by atoms with van der Waals surface area (Å²) in [6.45, 7) is 8.45. The van der Waals surface area contributed by atoms with Crippen molar-refractivity contribution in [3.8, 4) is 0 Å². The maximum atomic E-state index is 12.1. The third-order valence-electron chi connectivity index (χ3n) is 3.14. The molecule has 0 fully saturated rings. The molecule has 0 saturated carbocycles. The zero-order chi connectivity index (χ0) is 13.8. The average Bonchev–Trinajstić information content (AvgIpc) is 2.27. The van der Waals surface area contributed by atoms with Gasteiger partial charge in [-0.05, 0) is 36.8 Å². The minimum absolute atomic E-state index is 0.261. The number of hydrogen-bond donors (Lipinski definition) is 1. The van der Waals surface area contributed by atoms with Crippen LogP contribution in [0.2, 0.25) is 0 Å². The van der Waals surface area contributed by atoms with Crippen LogP contribution in [0.1, 0.15) is 46.2 Å². The molecule has 100 valence electrons. The van der Waals surface area contributed by atoms with Gasteiger partial charge in [0, 0.05) is 6.20 Å². The SMILES string of the molecule is CC(C)CC(CC(C)C)(C(N)=O)c1ccccn1. The normalized spacial score (nSPS) is 12.1. The number of pyridine rings is 1. The fourth-order valence-corrected chi connectivity index (χ4v) is 2.66. The third-order valence-corrected chi connectivity index (χ3v) is 3.14. The summed E-state index contributed by atoms with van der Waals surface area (Å²) in [5, 5.41) is 0. The van der Waals surface area contributed by atoms with E-state index >= 15 is 0 Å². The molecule has 1 rings (SSSR count). The Labute approximate surface area is 110 Å². The monoisotopic (exact) mass is 248 g/mol. The Kier molecular flexibility index (Phi) is 4.88. The summed E-state index contributed by atoms with van der Waals surface area (Å²) in [7, 11) is 0. The molecule has 0 spiro atoms. The lowest BCUT2D eigenvalue weighted by Crippen LogP contribution is -2.44. The summed E-state index contributed by atoms with van der Waals surface area (Å²) >= 11 is 0. The quantitative estimate of drug-likeness (QED) is 0.841. The van der Waals surface area contributed by atoms with Gasteiger partial charge < -0.3 is 5.73 Å². The molecule has 0 unspecified atom stereocenters. The molecule has 1 aromatic rings. The molecule has 0 aromatic carbocycles. The molecule has 0 saturated heterocycles. The number of nitrogens with zero attached hydrogens (tertiary/aromatic N) is 1. The molecule has 3 heteroatoms. The van der Waals surface area contributed by atoms with Crippen LogP contribution >= 0.6 is 0 Å². The zero-order valence-corrected chi connectivity index (χ0v) is 11.8. The third kappa shape index (κ3) is 3.31. The number of aromatic nitrogens is 1. The van der Waals surface area contributed by atoms with E-state index in [1.165, 1.54) is 0 Å². The molecule has 1 heterocycles. The van der Waals surface area contributed by atoms with Crippen LogP contribution in [0, 0.1) is 11.8 Å². The van der Waals surface area contributed by atoms with Gasteiger partial charge in [-0.2, -0.15) is 0 Å². The minimum Gasteiger partial charge on any atom is -0.369 e. The van der Waals surface area contributed by atoms with E-state index in [2.05, 4.69) is 32.7 Å². The first-order valence-electron chi connectivity index (χ1n) is 6.60. The highest BCUT2D eigenvalue weighted by Gasteiger charge is 2.40. The molecule has 0 aliphatic heterocycles. The lowest BCUT2D eigenvalue weighted by Gasteiger charge is -2.33. The Balaban J connectivity index is 3.24. The van der Waals surface area contributed by atoms with Gasteiger partial charge in [-0.25, -0.2) is 0 Å². The highest BCUT2D eigenvalue weighted by molar-refractivity contribution is 5.86. The molecule has 1 aromatic heterocycles. The molecule has 0 atom stereocenters. The van der Waals surface area contributed by atoms with Crippen molar-refractivity contribution in [2.24, 2.45) is 17.6 Å². The minimum atomic E-state index is -0.635. The molecule has 0 aliphatic rings. The largest absolute Gasteiger partial charge is 0.369 e. The van der Waals surface area contributed by atoms with Crippen molar-refractivity contribution in [1.82, 2.24) is 4.98 Å². The second-order valence-corrected chi connectivity index (χ2v) is 5.86. The van der Waals surface area contributed by atoms with E-state index in [0.29, 0.717) is 11.8 Å². The van der Waals surface area contributed by atoms with Crippen molar-refractivity contribution >= 4 is 5.91 Å². The Hall–Kier alpha value is -1.38. The van der Waals surface area contributed by atoms with Crippen LogP contribution in [-0.4, -0.2) is 10.9 Å². The van der Waals surface area contributed by atoms with Crippen molar-refractivity contribution in [2.45, 2.75) is 46.0 Å². The van der Waals surface area contributed by atoms with Crippen molar-refractivity contribution in [3.05, 3.63) is 30.1 Å². The summed E-state index contributed by atoms with van der Waals surface area (Å²) in [5.41, 5.74) is 5.89. The van der Waals surface area contributed by atoms with E-state index in [0.717, 1.165) is 18.5 Å². The van der Waals surface area contributed by atoms with Gasteiger partial charge in [-0.15, -0.1) is 0 Å². The number of rotatable bonds is 6. The van der Waals surface area contributed by atoms with Crippen LogP contribution in [0.3, 0.4) is 0 Å². The summed E-state index contributed by atoms with van der Waals surface area (Å²) < 4.78 is 0. The van der Waals surface area contributed by atoms with E-state index in [4.69, 9.17) is 5.73 Å². The predicted octanol–water partition coefficient (Wildman–Crippen LogP) is 2.90. The van der Waals surface area contributed by atoms with Gasteiger partial charge in [-0.3, -0.25) is 9.78 Å². The topological polar surface area (TPSA) is 56.0 Å². The summed E-state index contributed by atoms with van der Waals surface area (Å²) in [5.74, 6) is 0.542. The molecule has 0 bridgehead atoms. The van der Waals surface area contributed by atoms with Crippen LogP contribution < -0.4 is 5.73 Å². The maximum Gasteiger partial charge on any atom is 0.229 e. The summed E-state index contributed by atoms with van der Waals surface area (Å²) in [4.78, 5) is 16.5. The van der Waals surface area contributed by atoms with Gasteiger partial charge in [0.1, 0.15) is 0 Å². The molecule has 18 heavy (non-hydrogen) atoms. The predicted molar refractivity (Wildman–Crippen MR) is 74.0 cm³/mol. The molecular weight excluding hydrogens is 224 g/mol. The lowest BCUT2D eigenvalue weighted by molar-refractivity contribution is -0.125. The number of primary amides is 1. The van der Waals surface area contributed by atoms with E-state index in [-0.39, 0.29) is 5.91 Å². The molecular formula is C15H24N2O. The second kappa shape index (κ2) is 5.98. The average molecular weight is 248 g/mol. The first-order valence-corrected chi connectivity index (χ1v) is 6.60. The first-order chi connectivity index (χ1) is 8.38. The Morgan fingerprint density at radius 3 is 2.11 bits per heavy atom. The summed E-state index contributed by atoms with van der Waals surface area (Å²) in [6, 6.07) is 5.69. The van der Waals surface area contributed by atoms with Crippen molar-refractivity contribution in [3.63, 3.8) is 0 Å². The van der Waals surface area contributed by atoms with Crippen LogP contribution in [-0.2, 0) is 10.2 Å². The standard InChI is InChI=1S/C15H24N2O/c1-11(2)9-15(14(16)18,10-12(3)4)13-7-5-6-8-17-13/h5-8,11-12H,9-10H2,1-4H3,(H2,16,18). The Morgan fingerprint density at radius 1 is 1.22 bits per heavy atom. The number of nitrogens with two attached hydrogens (primary N) is 1. The molecule has 3 nitrogen and oxygen atoms in total. The Bertz CT molecular complexity index is 375. The van der Waals surface area contributed by atoms with Crippen LogP contribution in [0.15, 0.2) is 24.4 Å². The van der Waals surface area contributed by atoms with E-state index < -0.39 is 5.41 Å². The summed E-state index contributed by atoms with van der Waals surface area (Å²) in [6.07, 6.45) is 3.22. The van der Waals surface area contributed by atoms with Crippen LogP contribution in [0.25, 0.3) is 0 Å². The van der Waals surface area contributed by atoms with Gasteiger partial charge in [0.2, 0.25) is 5.91 Å². The smallest absolute Gasteiger partial charge is 0.229 e. The number of amides is 1. The number of carbonyl (C=O) groups excluding carboxylic acids is 1. The van der Waals surface area contributed by atoms with Gasteiger partial charge >= 0.3 is 0 Å². The lowest BCUT2D eigenvalue weighted by atomic mass is 9.71. The molecule has 1 amide bonds.